The van der Waals surface area contributed by atoms with E-state index in [-0.39, 0.29) is 5.02 Å². The number of esters is 1. The van der Waals surface area contributed by atoms with Crippen LogP contribution in [0.5, 0.6) is 17.2 Å². The number of ether oxygens (including phenoxy) is 3. The average molecular weight is 473 g/mol. The molecule has 7 nitrogen and oxygen atoms in total. The number of carbonyl (C=O) groups is 2. The zero-order valence-corrected chi connectivity index (χ0v) is 18.6. The van der Waals surface area contributed by atoms with E-state index >= 15 is 0 Å². The number of methoxy groups -OCH3 is 2. The van der Waals surface area contributed by atoms with Gasteiger partial charge in [-0.25, -0.2) is 10.2 Å². The second kappa shape index (κ2) is 10.7. The van der Waals surface area contributed by atoms with Crippen LogP contribution in [0.25, 0.3) is 0 Å². The van der Waals surface area contributed by atoms with Crippen molar-refractivity contribution in [2.45, 2.75) is 0 Å². The molecule has 0 radical (unpaired) electrons. The lowest BCUT2D eigenvalue weighted by Gasteiger charge is -2.09. The molecule has 0 unspecified atom stereocenters. The zero-order chi connectivity index (χ0) is 23.1. The van der Waals surface area contributed by atoms with Crippen molar-refractivity contribution in [2.75, 3.05) is 14.2 Å². The van der Waals surface area contributed by atoms with Gasteiger partial charge in [0, 0.05) is 5.56 Å². The van der Waals surface area contributed by atoms with Crippen LogP contribution in [0.15, 0.2) is 65.8 Å². The summed E-state index contributed by atoms with van der Waals surface area (Å²) in [6, 6.07) is 15.9. The minimum absolute atomic E-state index is 0.279. The molecule has 0 spiro atoms. The maximum absolute atomic E-state index is 12.4. The molecule has 164 valence electrons. The van der Waals surface area contributed by atoms with E-state index in [0.717, 1.165) is 0 Å². The Morgan fingerprint density at radius 3 is 2.19 bits per heavy atom. The third-order valence-corrected chi connectivity index (χ3v) is 5.01. The molecule has 0 aliphatic rings. The number of carbonyl (C=O) groups excluding carboxylic acids is 2. The number of benzene rings is 3. The van der Waals surface area contributed by atoms with E-state index in [2.05, 4.69) is 10.5 Å². The van der Waals surface area contributed by atoms with E-state index in [1.807, 2.05) is 0 Å². The zero-order valence-electron chi connectivity index (χ0n) is 17.1. The fourth-order valence-electron chi connectivity index (χ4n) is 2.62. The third-order valence-electron chi connectivity index (χ3n) is 4.27. The fraction of sp³-hybridized carbons (Fsp3) is 0.0870. The molecule has 0 aliphatic heterocycles. The number of hydrogen-bond donors (Lipinski definition) is 1. The van der Waals surface area contributed by atoms with Crippen LogP contribution in [0.4, 0.5) is 0 Å². The molecule has 0 aromatic heterocycles. The summed E-state index contributed by atoms with van der Waals surface area (Å²) in [4.78, 5) is 24.5. The summed E-state index contributed by atoms with van der Waals surface area (Å²) in [6.45, 7) is 0. The summed E-state index contributed by atoms with van der Waals surface area (Å²) in [5.74, 6) is 0.318. The quantitative estimate of drug-likeness (QED) is 0.226. The normalized spacial score (nSPS) is 10.6. The van der Waals surface area contributed by atoms with Crippen LogP contribution >= 0.6 is 23.2 Å². The van der Waals surface area contributed by atoms with Crippen LogP contribution in [0.1, 0.15) is 26.3 Å². The van der Waals surface area contributed by atoms with Crippen molar-refractivity contribution >= 4 is 41.3 Å². The lowest BCUT2D eigenvalue weighted by molar-refractivity contribution is 0.0734. The van der Waals surface area contributed by atoms with Gasteiger partial charge in [0.2, 0.25) is 0 Å². The number of amides is 1. The summed E-state index contributed by atoms with van der Waals surface area (Å²) < 4.78 is 15.7. The number of hydrogen-bond acceptors (Lipinski definition) is 6. The summed E-state index contributed by atoms with van der Waals surface area (Å²) in [6.07, 6.45) is 1.45. The summed E-state index contributed by atoms with van der Waals surface area (Å²) in [5.41, 5.74) is 3.74. The van der Waals surface area contributed by atoms with Gasteiger partial charge in [-0.3, -0.25) is 4.79 Å². The molecular weight excluding hydrogens is 455 g/mol. The molecule has 3 aromatic rings. The van der Waals surface area contributed by atoms with Crippen molar-refractivity contribution in [1.29, 1.82) is 0 Å². The molecule has 9 heteroatoms. The topological polar surface area (TPSA) is 86.2 Å². The summed E-state index contributed by atoms with van der Waals surface area (Å²) in [5, 5.41) is 4.55. The van der Waals surface area contributed by atoms with Gasteiger partial charge in [0.05, 0.1) is 36.0 Å². The molecule has 1 amide bonds. The average Bonchev–Trinajstić information content (AvgIpc) is 2.81. The Balaban J connectivity index is 1.59. The van der Waals surface area contributed by atoms with E-state index in [1.165, 1.54) is 32.6 Å². The molecule has 32 heavy (non-hydrogen) atoms. The highest BCUT2D eigenvalue weighted by atomic mass is 35.5. The van der Waals surface area contributed by atoms with Crippen LogP contribution in [-0.2, 0) is 0 Å². The van der Waals surface area contributed by atoms with Gasteiger partial charge in [-0.05, 0) is 66.2 Å². The molecule has 3 rings (SSSR count). The van der Waals surface area contributed by atoms with Crippen LogP contribution in [0, 0.1) is 0 Å². The van der Waals surface area contributed by atoms with Crippen LogP contribution in [0.3, 0.4) is 0 Å². The van der Waals surface area contributed by atoms with Gasteiger partial charge < -0.3 is 14.2 Å². The standard InChI is InChI=1S/C23H18Cl2N2O5/c1-30-20-10-6-16(12-21(20)31-2)23(29)32-17-7-3-14(4-8-17)13-26-27-22(28)15-5-9-18(24)19(25)11-15/h3-13H,1-2H3,(H,27,28). The van der Waals surface area contributed by atoms with E-state index in [1.54, 1.807) is 48.5 Å². The Kier molecular flexibility index (Phi) is 7.70. The Morgan fingerprint density at radius 1 is 0.844 bits per heavy atom. The summed E-state index contributed by atoms with van der Waals surface area (Å²) in [7, 11) is 3.00. The first-order valence-electron chi connectivity index (χ1n) is 9.24. The molecule has 0 saturated heterocycles. The van der Waals surface area contributed by atoms with Crippen molar-refractivity contribution in [2.24, 2.45) is 5.10 Å². The Morgan fingerprint density at radius 2 is 1.53 bits per heavy atom. The second-order valence-electron chi connectivity index (χ2n) is 6.36. The lowest BCUT2D eigenvalue weighted by atomic mass is 10.2. The van der Waals surface area contributed by atoms with Crippen LogP contribution in [-0.4, -0.2) is 32.3 Å². The molecular formula is C23H18Cl2N2O5. The second-order valence-corrected chi connectivity index (χ2v) is 7.17. The molecule has 0 bridgehead atoms. The Labute approximate surface area is 194 Å². The highest BCUT2D eigenvalue weighted by Crippen LogP contribution is 2.28. The Hall–Kier alpha value is -3.55. The molecule has 0 heterocycles. The monoisotopic (exact) mass is 472 g/mol. The molecule has 0 saturated carbocycles. The van der Waals surface area contributed by atoms with Crippen molar-refractivity contribution in [3.63, 3.8) is 0 Å². The maximum Gasteiger partial charge on any atom is 0.343 e. The van der Waals surface area contributed by atoms with Gasteiger partial charge in [0.25, 0.3) is 5.91 Å². The van der Waals surface area contributed by atoms with Gasteiger partial charge in [0.15, 0.2) is 11.5 Å². The first-order chi connectivity index (χ1) is 15.4. The van der Waals surface area contributed by atoms with Crippen molar-refractivity contribution < 1.29 is 23.8 Å². The van der Waals surface area contributed by atoms with Crippen LogP contribution in [0.2, 0.25) is 10.0 Å². The number of hydrazone groups is 1. The number of rotatable bonds is 7. The molecule has 3 aromatic carbocycles. The fourth-order valence-corrected chi connectivity index (χ4v) is 2.92. The van der Waals surface area contributed by atoms with Gasteiger partial charge >= 0.3 is 5.97 Å². The first-order valence-corrected chi connectivity index (χ1v) is 9.99. The SMILES string of the molecule is COc1ccc(C(=O)Oc2ccc(C=NNC(=O)c3ccc(Cl)c(Cl)c3)cc2)cc1OC. The number of nitrogens with one attached hydrogen (secondary N) is 1. The van der Waals surface area contributed by atoms with Gasteiger partial charge in [-0.1, -0.05) is 23.2 Å². The molecule has 0 aliphatic carbocycles. The number of halogens is 2. The molecule has 1 N–H and O–H groups in total. The van der Waals surface area contributed by atoms with Gasteiger partial charge in [-0.15, -0.1) is 0 Å². The Bertz CT molecular complexity index is 1160. The lowest BCUT2D eigenvalue weighted by Crippen LogP contribution is -2.17. The van der Waals surface area contributed by atoms with Crippen molar-refractivity contribution in [1.82, 2.24) is 5.43 Å². The van der Waals surface area contributed by atoms with Crippen molar-refractivity contribution in [3.8, 4) is 17.2 Å². The highest BCUT2D eigenvalue weighted by Gasteiger charge is 2.13. The molecule has 0 atom stereocenters. The van der Waals surface area contributed by atoms with Crippen LogP contribution < -0.4 is 19.6 Å². The van der Waals surface area contributed by atoms with E-state index in [0.29, 0.717) is 39.0 Å². The summed E-state index contributed by atoms with van der Waals surface area (Å²) >= 11 is 11.7. The van der Waals surface area contributed by atoms with E-state index in [9.17, 15) is 9.59 Å². The smallest absolute Gasteiger partial charge is 0.343 e. The van der Waals surface area contributed by atoms with E-state index < -0.39 is 11.9 Å². The van der Waals surface area contributed by atoms with Gasteiger partial charge in [-0.2, -0.15) is 5.10 Å². The third kappa shape index (κ3) is 5.78. The van der Waals surface area contributed by atoms with Crippen molar-refractivity contribution in [3.05, 3.63) is 87.4 Å². The minimum Gasteiger partial charge on any atom is -0.493 e. The maximum atomic E-state index is 12.4. The number of nitrogens with zero attached hydrogens (tertiary/aromatic N) is 1. The molecule has 0 fully saturated rings. The first kappa shape index (κ1) is 23.1. The highest BCUT2D eigenvalue weighted by molar-refractivity contribution is 6.42. The van der Waals surface area contributed by atoms with Gasteiger partial charge in [0.1, 0.15) is 5.75 Å². The predicted octanol–water partition coefficient (Wildman–Crippen LogP) is 4.99. The largest absolute Gasteiger partial charge is 0.493 e. The predicted molar refractivity (Wildman–Crippen MR) is 122 cm³/mol. The van der Waals surface area contributed by atoms with E-state index in [4.69, 9.17) is 37.4 Å². The minimum atomic E-state index is -0.541.